The van der Waals surface area contributed by atoms with Crippen molar-refractivity contribution in [3.8, 4) is 0 Å². The van der Waals surface area contributed by atoms with Crippen LogP contribution in [0.3, 0.4) is 0 Å². The Hall–Kier alpha value is -5.68. The van der Waals surface area contributed by atoms with Gasteiger partial charge in [-0.25, -0.2) is 0 Å². The average molecular weight is 663 g/mol. The minimum absolute atomic E-state index is 0.0129. The first-order valence-electron chi connectivity index (χ1n) is 13.0. The van der Waals surface area contributed by atoms with Gasteiger partial charge in [0.15, 0.2) is 0 Å². The summed E-state index contributed by atoms with van der Waals surface area (Å²) in [6, 6.07) is 25.2. The molecule has 0 saturated carbocycles. The van der Waals surface area contributed by atoms with E-state index >= 15 is 0 Å². The fourth-order valence-electron chi connectivity index (χ4n) is 4.02. The number of anilines is 2. The number of hydrazone groups is 2. The third-order valence-electron chi connectivity index (χ3n) is 6.14. The summed E-state index contributed by atoms with van der Waals surface area (Å²) < 4.78 is 68.8. The third kappa shape index (κ3) is 8.93. The van der Waals surface area contributed by atoms with Crippen molar-refractivity contribution in [1.82, 2.24) is 0 Å². The molecule has 0 unspecified atom stereocenters. The molecular weight excluding hydrogens is 636 g/mol. The van der Waals surface area contributed by atoms with Gasteiger partial charge in [0.05, 0.1) is 23.8 Å². The molecule has 6 N–H and O–H groups in total. The maximum Gasteiger partial charge on any atom is 0.295 e. The van der Waals surface area contributed by atoms with Gasteiger partial charge in [0.25, 0.3) is 20.2 Å². The molecule has 0 saturated heterocycles. The number of nitrogens with zero attached hydrogens (tertiary/aromatic N) is 4. The van der Waals surface area contributed by atoms with Gasteiger partial charge in [-0.15, -0.1) is 0 Å². The summed E-state index contributed by atoms with van der Waals surface area (Å²) in [4.78, 5) is -1.05. The molecule has 0 fully saturated rings. The van der Waals surface area contributed by atoms with Gasteiger partial charge in [0.1, 0.15) is 21.2 Å². The lowest BCUT2D eigenvalue weighted by Crippen LogP contribution is -2.07. The number of hydrogen-bond donors (Lipinski definition) is 6. The fourth-order valence-corrected chi connectivity index (χ4v) is 5.44. The molecule has 46 heavy (non-hydrogen) atoms. The van der Waals surface area contributed by atoms with Crippen LogP contribution in [0.5, 0.6) is 0 Å². The zero-order valence-electron chi connectivity index (χ0n) is 23.6. The normalized spacial score (nSPS) is 13.1. The van der Waals surface area contributed by atoms with E-state index in [2.05, 4.69) is 31.4 Å². The van der Waals surface area contributed by atoms with Crippen LogP contribution in [0.15, 0.2) is 127 Å². The second-order valence-electron chi connectivity index (χ2n) is 9.23. The van der Waals surface area contributed by atoms with E-state index in [1.54, 1.807) is 60.7 Å². The number of hydrogen-bond acceptors (Lipinski definition) is 12. The molecule has 0 aliphatic carbocycles. The SMILES string of the molecule is O=S(=O)(O)c1cc(NN=C(C=NO)c2ccccc2)ccc1/C=C/c1ccc(NN=C(C=NO)c2ccccc2)cc1S(=O)(=O)O. The predicted octanol–water partition coefficient (Wildman–Crippen LogP) is 4.90. The summed E-state index contributed by atoms with van der Waals surface area (Å²) in [5.74, 6) is 0. The molecule has 236 valence electrons. The largest absolute Gasteiger partial charge is 0.411 e. The van der Waals surface area contributed by atoms with Crippen molar-refractivity contribution in [1.29, 1.82) is 0 Å². The molecule has 0 spiro atoms. The van der Waals surface area contributed by atoms with E-state index in [0.29, 0.717) is 11.1 Å². The number of oxime groups is 2. The van der Waals surface area contributed by atoms with Crippen LogP contribution in [0.2, 0.25) is 0 Å². The van der Waals surface area contributed by atoms with Crippen molar-refractivity contribution in [2.75, 3.05) is 10.9 Å². The van der Waals surface area contributed by atoms with E-state index in [9.17, 15) is 25.9 Å². The summed E-state index contributed by atoms with van der Waals surface area (Å²) in [6.07, 6.45) is 4.64. The standard InChI is InChI=1S/C30H26N6O8S2/c37-31-19-27(21-7-3-1-4-8-21)35-33-25-15-13-23(29(17-25)45(39,40)41)11-12-24-14-16-26(18-30(24)46(42,43)44)34-36-28(20-32-38)22-9-5-2-6-10-22/h1-20,33-34,37-38H,(H,39,40,41)(H,42,43,44)/b12-11+,31-19?,32-20?,35-27?,36-28?. The minimum Gasteiger partial charge on any atom is -0.411 e. The lowest BCUT2D eigenvalue weighted by Gasteiger charge is -2.09. The molecule has 0 heterocycles. The molecule has 16 heteroatoms. The van der Waals surface area contributed by atoms with Crippen LogP contribution in [-0.2, 0) is 20.2 Å². The topological polar surface area (TPSA) is 223 Å². The highest BCUT2D eigenvalue weighted by Gasteiger charge is 2.18. The molecule has 14 nitrogen and oxygen atoms in total. The molecule has 4 aromatic carbocycles. The second kappa shape index (κ2) is 14.9. The lowest BCUT2D eigenvalue weighted by molar-refractivity contribution is 0.322. The number of nitrogens with one attached hydrogen (secondary N) is 2. The second-order valence-corrected chi connectivity index (χ2v) is 12.0. The zero-order chi connectivity index (χ0) is 33.2. The summed E-state index contributed by atoms with van der Waals surface area (Å²) in [7, 11) is -9.55. The van der Waals surface area contributed by atoms with Crippen molar-refractivity contribution in [3.05, 3.63) is 119 Å². The maximum atomic E-state index is 12.2. The molecule has 0 bridgehead atoms. The molecule has 0 aliphatic rings. The quantitative estimate of drug-likeness (QED) is 0.0396. The Morgan fingerprint density at radius 2 is 0.935 bits per heavy atom. The minimum atomic E-state index is -4.78. The Bertz CT molecular complexity index is 1920. The van der Waals surface area contributed by atoms with E-state index in [-0.39, 0.29) is 33.9 Å². The Morgan fingerprint density at radius 1 is 0.565 bits per heavy atom. The summed E-state index contributed by atoms with van der Waals surface area (Å²) in [5.41, 5.74) is 7.22. The molecule has 4 rings (SSSR count). The van der Waals surface area contributed by atoms with E-state index in [1.807, 2.05) is 0 Å². The molecule has 0 radical (unpaired) electrons. The fraction of sp³-hybridized carbons (Fsp3) is 0. The molecule has 0 aromatic heterocycles. The van der Waals surface area contributed by atoms with Gasteiger partial charge in [0.2, 0.25) is 0 Å². The van der Waals surface area contributed by atoms with Gasteiger partial charge in [-0.3, -0.25) is 20.0 Å². The van der Waals surface area contributed by atoms with Crippen LogP contribution < -0.4 is 10.9 Å². The summed E-state index contributed by atoms with van der Waals surface area (Å²) in [6.45, 7) is 0. The first kappa shape index (κ1) is 33.2. The predicted molar refractivity (Wildman–Crippen MR) is 175 cm³/mol. The van der Waals surface area contributed by atoms with E-state index in [0.717, 1.165) is 24.6 Å². The van der Waals surface area contributed by atoms with Gasteiger partial charge in [-0.05, 0) is 35.4 Å². The average Bonchev–Trinajstić information content (AvgIpc) is 3.04. The molecule has 0 atom stereocenters. The number of benzene rings is 4. The van der Waals surface area contributed by atoms with Crippen LogP contribution in [0.4, 0.5) is 11.4 Å². The van der Waals surface area contributed by atoms with Crippen LogP contribution in [-0.4, -0.2) is 60.2 Å². The van der Waals surface area contributed by atoms with Crippen LogP contribution >= 0.6 is 0 Å². The monoisotopic (exact) mass is 662 g/mol. The Balaban J connectivity index is 1.65. The van der Waals surface area contributed by atoms with Gasteiger partial charge >= 0.3 is 0 Å². The molecule has 4 aromatic rings. The number of rotatable bonds is 12. The van der Waals surface area contributed by atoms with Crippen molar-refractivity contribution in [2.24, 2.45) is 20.5 Å². The summed E-state index contributed by atoms with van der Waals surface area (Å²) >= 11 is 0. The molecule has 0 amide bonds. The van der Waals surface area contributed by atoms with Crippen LogP contribution in [0.25, 0.3) is 12.2 Å². The lowest BCUT2D eigenvalue weighted by atomic mass is 10.1. The van der Waals surface area contributed by atoms with Gasteiger partial charge in [-0.1, -0.05) is 95.3 Å². The smallest absolute Gasteiger partial charge is 0.295 e. The van der Waals surface area contributed by atoms with Gasteiger partial charge in [0, 0.05) is 11.1 Å². The molecular formula is C30H26N6O8S2. The molecule has 0 aliphatic heterocycles. The van der Waals surface area contributed by atoms with Crippen LogP contribution in [0.1, 0.15) is 22.3 Å². The maximum absolute atomic E-state index is 12.2. The zero-order valence-corrected chi connectivity index (χ0v) is 25.2. The van der Waals surface area contributed by atoms with Crippen LogP contribution in [0, 0.1) is 0 Å². The Morgan fingerprint density at radius 3 is 1.26 bits per heavy atom. The highest BCUT2D eigenvalue weighted by molar-refractivity contribution is 7.86. The first-order chi connectivity index (χ1) is 22.0. The summed E-state index contributed by atoms with van der Waals surface area (Å²) in [5, 5.41) is 32.2. The highest BCUT2D eigenvalue weighted by atomic mass is 32.2. The van der Waals surface area contributed by atoms with Crippen molar-refractivity contribution in [2.45, 2.75) is 9.79 Å². The van der Waals surface area contributed by atoms with E-state index < -0.39 is 30.0 Å². The Labute approximate surface area is 263 Å². The first-order valence-corrected chi connectivity index (χ1v) is 15.9. The van der Waals surface area contributed by atoms with Gasteiger partial charge in [-0.2, -0.15) is 27.0 Å². The van der Waals surface area contributed by atoms with E-state index in [4.69, 9.17) is 10.4 Å². The Kier molecular flexibility index (Phi) is 10.7. The highest BCUT2D eigenvalue weighted by Crippen LogP contribution is 2.26. The van der Waals surface area contributed by atoms with E-state index in [1.165, 1.54) is 36.4 Å². The third-order valence-corrected chi connectivity index (χ3v) is 7.95. The van der Waals surface area contributed by atoms with Crippen molar-refractivity contribution in [3.63, 3.8) is 0 Å². The van der Waals surface area contributed by atoms with Gasteiger partial charge < -0.3 is 10.4 Å². The van der Waals surface area contributed by atoms with Crippen molar-refractivity contribution >= 4 is 67.6 Å². The van der Waals surface area contributed by atoms with Crippen molar-refractivity contribution < 1.29 is 36.4 Å².